The summed E-state index contributed by atoms with van der Waals surface area (Å²) in [5.74, 6) is -0.250. The van der Waals surface area contributed by atoms with Gasteiger partial charge in [0.2, 0.25) is 0 Å². The van der Waals surface area contributed by atoms with E-state index in [1.165, 1.54) is 10.9 Å². The van der Waals surface area contributed by atoms with Crippen molar-refractivity contribution in [3.05, 3.63) is 41.2 Å². The minimum atomic E-state index is -1.08. The van der Waals surface area contributed by atoms with Crippen molar-refractivity contribution in [1.29, 1.82) is 0 Å². The summed E-state index contributed by atoms with van der Waals surface area (Å²) in [6.45, 7) is 4.84. The lowest BCUT2D eigenvalue weighted by Gasteiger charge is -2.09. The highest BCUT2D eigenvalue weighted by atomic mass is 16.5. The Morgan fingerprint density at radius 3 is 2.89 bits per heavy atom. The zero-order chi connectivity index (χ0) is 13.8. The summed E-state index contributed by atoms with van der Waals surface area (Å²) in [5, 5.41) is 16.0. The second kappa shape index (κ2) is 5.51. The summed E-state index contributed by atoms with van der Waals surface area (Å²) in [4.78, 5) is 10.6. The van der Waals surface area contributed by atoms with E-state index in [4.69, 9.17) is 9.84 Å². The van der Waals surface area contributed by atoms with Gasteiger partial charge in [0, 0.05) is 0 Å². The van der Waals surface area contributed by atoms with Gasteiger partial charge in [-0.3, -0.25) is 0 Å². The first kappa shape index (κ1) is 13.1. The summed E-state index contributed by atoms with van der Waals surface area (Å²) < 4.78 is 7.11. The second-order valence-electron chi connectivity index (χ2n) is 4.29. The molecule has 0 saturated heterocycles. The highest BCUT2D eigenvalue weighted by Gasteiger charge is 2.08. The first-order valence-corrected chi connectivity index (χ1v) is 5.90. The molecule has 2 rings (SSSR count). The van der Waals surface area contributed by atoms with Crippen molar-refractivity contribution < 1.29 is 14.6 Å². The Hall–Kier alpha value is -2.37. The maximum absolute atomic E-state index is 10.6. The van der Waals surface area contributed by atoms with Gasteiger partial charge in [-0.2, -0.15) is 0 Å². The van der Waals surface area contributed by atoms with Crippen LogP contribution in [0.5, 0.6) is 5.75 Å². The van der Waals surface area contributed by atoms with E-state index in [9.17, 15) is 4.79 Å². The fourth-order valence-corrected chi connectivity index (χ4v) is 1.62. The molecule has 1 N–H and O–H groups in total. The van der Waals surface area contributed by atoms with E-state index in [2.05, 4.69) is 10.3 Å². The molecule has 100 valence electrons. The van der Waals surface area contributed by atoms with Gasteiger partial charge in [-0.25, -0.2) is 9.48 Å². The van der Waals surface area contributed by atoms with Crippen LogP contribution < -0.4 is 4.74 Å². The van der Waals surface area contributed by atoms with Gasteiger partial charge in [-0.1, -0.05) is 17.3 Å². The van der Waals surface area contributed by atoms with Crippen LogP contribution in [0.3, 0.4) is 0 Å². The van der Waals surface area contributed by atoms with Gasteiger partial charge >= 0.3 is 5.97 Å². The van der Waals surface area contributed by atoms with E-state index in [0.29, 0.717) is 13.2 Å². The molecule has 0 aliphatic carbocycles. The molecule has 0 saturated carbocycles. The van der Waals surface area contributed by atoms with Gasteiger partial charge in [0.05, 0.1) is 12.7 Å². The molecule has 0 amide bonds. The third-order valence-corrected chi connectivity index (χ3v) is 2.68. The number of nitrogens with zero attached hydrogens (tertiary/aromatic N) is 3. The molecule has 6 heteroatoms. The molecule has 6 nitrogen and oxygen atoms in total. The van der Waals surface area contributed by atoms with Gasteiger partial charge in [0.1, 0.15) is 12.4 Å². The minimum Gasteiger partial charge on any atom is -0.491 e. The molecule has 0 spiro atoms. The van der Waals surface area contributed by atoms with Crippen molar-refractivity contribution in [1.82, 2.24) is 15.0 Å². The average molecular weight is 261 g/mol. The van der Waals surface area contributed by atoms with Crippen LogP contribution in [0, 0.1) is 13.8 Å². The van der Waals surface area contributed by atoms with Crippen LogP contribution in [0.15, 0.2) is 24.4 Å². The van der Waals surface area contributed by atoms with E-state index in [0.717, 1.165) is 16.9 Å². The van der Waals surface area contributed by atoms with Crippen molar-refractivity contribution in [2.75, 3.05) is 6.61 Å². The number of rotatable bonds is 5. The van der Waals surface area contributed by atoms with Gasteiger partial charge in [0.15, 0.2) is 5.69 Å². The molecule has 0 atom stereocenters. The zero-order valence-electron chi connectivity index (χ0n) is 10.8. The van der Waals surface area contributed by atoms with Crippen LogP contribution in [-0.2, 0) is 6.54 Å². The number of carbonyl (C=O) groups is 1. The van der Waals surface area contributed by atoms with Crippen LogP contribution in [0.4, 0.5) is 0 Å². The first-order valence-electron chi connectivity index (χ1n) is 5.90. The molecule has 19 heavy (non-hydrogen) atoms. The Bertz CT molecular complexity index is 593. The molecular formula is C13H15N3O3. The number of hydrogen-bond donors (Lipinski definition) is 1. The minimum absolute atomic E-state index is 0.0632. The molecule has 0 aliphatic heterocycles. The summed E-state index contributed by atoms with van der Waals surface area (Å²) >= 11 is 0. The number of carboxylic acid groups (broad SMARTS) is 1. The largest absolute Gasteiger partial charge is 0.491 e. The predicted octanol–water partition coefficient (Wildman–Crippen LogP) is 1.67. The van der Waals surface area contributed by atoms with Crippen LogP contribution in [0.2, 0.25) is 0 Å². The maximum atomic E-state index is 10.6. The predicted molar refractivity (Wildman–Crippen MR) is 68.4 cm³/mol. The molecule has 2 aromatic rings. The van der Waals surface area contributed by atoms with Gasteiger partial charge in [0.25, 0.3) is 0 Å². The Morgan fingerprint density at radius 1 is 1.42 bits per heavy atom. The molecule has 1 aromatic carbocycles. The number of ether oxygens (including phenoxy) is 1. The SMILES string of the molecule is Cc1ccc(C)c(OCCn2cc(C(=O)O)nn2)c1. The van der Waals surface area contributed by atoms with E-state index in [-0.39, 0.29) is 5.69 Å². The third kappa shape index (κ3) is 3.31. The summed E-state index contributed by atoms with van der Waals surface area (Å²) in [6.07, 6.45) is 1.38. The van der Waals surface area contributed by atoms with E-state index < -0.39 is 5.97 Å². The quantitative estimate of drug-likeness (QED) is 0.885. The zero-order valence-corrected chi connectivity index (χ0v) is 10.8. The van der Waals surface area contributed by atoms with Gasteiger partial charge in [-0.15, -0.1) is 5.10 Å². The lowest BCUT2D eigenvalue weighted by molar-refractivity contribution is 0.0690. The highest BCUT2D eigenvalue weighted by molar-refractivity contribution is 5.84. The van der Waals surface area contributed by atoms with Crippen molar-refractivity contribution in [2.45, 2.75) is 20.4 Å². The van der Waals surface area contributed by atoms with E-state index in [1.54, 1.807) is 0 Å². The number of aromatic nitrogens is 3. The monoisotopic (exact) mass is 261 g/mol. The average Bonchev–Trinajstić information content (AvgIpc) is 2.82. The number of carboxylic acids is 1. The molecule has 0 fully saturated rings. The third-order valence-electron chi connectivity index (χ3n) is 2.68. The van der Waals surface area contributed by atoms with Crippen LogP contribution >= 0.6 is 0 Å². The number of benzene rings is 1. The molecule has 0 aliphatic rings. The Morgan fingerprint density at radius 2 is 2.21 bits per heavy atom. The number of hydrogen-bond acceptors (Lipinski definition) is 4. The van der Waals surface area contributed by atoms with Crippen molar-refractivity contribution in [3.8, 4) is 5.75 Å². The van der Waals surface area contributed by atoms with Crippen molar-refractivity contribution in [3.63, 3.8) is 0 Å². The molecular weight excluding hydrogens is 246 g/mol. The van der Waals surface area contributed by atoms with E-state index >= 15 is 0 Å². The van der Waals surface area contributed by atoms with Crippen LogP contribution in [0.1, 0.15) is 21.6 Å². The molecule has 0 unspecified atom stereocenters. The highest BCUT2D eigenvalue weighted by Crippen LogP contribution is 2.18. The van der Waals surface area contributed by atoms with Gasteiger partial charge < -0.3 is 9.84 Å². The van der Waals surface area contributed by atoms with Crippen LogP contribution in [0.25, 0.3) is 0 Å². The Balaban J connectivity index is 1.92. The van der Waals surface area contributed by atoms with E-state index in [1.807, 2.05) is 32.0 Å². The topological polar surface area (TPSA) is 77.2 Å². The van der Waals surface area contributed by atoms with Crippen molar-refractivity contribution >= 4 is 5.97 Å². The standard InChI is InChI=1S/C13H15N3O3/c1-9-3-4-10(2)12(7-9)19-6-5-16-8-11(13(17)18)14-15-16/h3-4,7-8H,5-6H2,1-2H3,(H,17,18). The normalized spacial score (nSPS) is 10.4. The molecule has 0 radical (unpaired) electrons. The Labute approximate surface area is 110 Å². The summed E-state index contributed by atoms with van der Waals surface area (Å²) in [5.41, 5.74) is 2.14. The Kier molecular flexibility index (Phi) is 3.79. The van der Waals surface area contributed by atoms with Crippen LogP contribution in [-0.4, -0.2) is 32.7 Å². The van der Waals surface area contributed by atoms with Gasteiger partial charge in [-0.05, 0) is 31.0 Å². The lowest BCUT2D eigenvalue weighted by Crippen LogP contribution is -2.09. The number of aryl methyl sites for hydroxylation is 2. The molecule has 1 heterocycles. The summed E-state index contributed by atoms with van der Waals surface area (Å²) in [6, 6.07) is 6.00. The first-order chi connectivity index (χ1) is 9.06. The smallest absolute Gasteiger partial charge is 0.358 e. The van der Waals surface area contributed by atoms with Crippen molar-refractivity contribution in [2.24, 2.45) is 0 Å². The lowest BCUT2D eigenvalue weighted by atomic mass is 10.1. The molecule has 1 aromatic heterocycles. The number of aromatic carboxylic acids is 1. The summed E-state index contributed by atoms with van der Waals surface area (Å²) in [7, 11) is 0. The fraction of sp³-hybridized carbons (Fsp3) is 0.308. The second-order valence-corrected chi connectivity index (χ2v) is 4.29. The maximum Gasteiger partial charge on any atom is 0.358 e. The molecule has 0 bridgehead atoms. The fourth-order valence-electron chi connectivity index (χ4n) is 1.62.